The van der Waals surface area contributed by atoms with Gasteiger partial charge in [-0.15, -0.1) is 0 Å². The highest BCUT2D eigenvalue weighted by atomic mass is 32.2. The fourth-order valence-electron chi connectivity index (χ4n) is 9.03. The highest BCUT2D eigenvalue weighted by Gasteiger charge is 2.64. The average Bonchev–Trinajstić information content (AvgIpc) is 4.09. The van der Waals surface area contributed by atoms with E-state index in [1.165, 1.54) is 6.92 Å². The number of benzene rings is 1. The van der Waals surface area contributed by atoms with E-state index in [4.69, 9.17) is 9.47 Å². The minimum atomic E-state index is -5.12. The maximum atomic E-state index is 15.1. The normalized spacial score (nSPS) is 30.0. The van der Waals surface area contributed by atoms with E-state index in [0.717, 1.165) is 22.3 Å². The second kappa shape index (κ2) is 15.7. The Morgan fingerprint density at radius 1 is 1.13 bits per heavy atom. The van der Waals surface area contributed by atoms with Crippen molar-refractivity contribution in [2.45, 2.75) is 126 Å². The number of nitrogens with one attached hydrogen (secondary N) is 2. The number of carboxylic acid groups (broad SMARTS) is 1. The lowest BCUT2D eigenvalue weighted by Gasteiger charge is -2.45. The number of alkyl halides is 4. The van der Waals surface area contributed by atoms with Gasteiger partial charge in [-0.25, -0.2) is 17.6 Å². The van der Waals surface area contributed by atoms with Gasteiger partial charge in [0.25, 0.3) is 5.91 Å². The van der Waals surface area contributed by atoms with Crippen LogP contribution in [0, 0.1) is 17.8 Å². The van der Waals surface area contributed by atoms with E-state index in [-0.39, 0.29) is 55.3 Å². The predicted octanol–water partition coefficient (Wildman–Crippen LogP) is 5.43. The second-order valence-corrected chi connectivity index (χ2v) is 19.8. The number of carbonyl (C=O) groups excluding carboxylic acids is 3. The number of pyridine rings is 1. The third-order valence-corrected chi connectivity index (χ3v) is 15.1. The van der Waals surface area contributed by atoms with E-state index in [0.29, 0.717) is 51.0 Å². The Bertz CT molecular complexity index is 2200. The first kappa shape index (κ1) is 43.4. The molecule has 14 nitrogen and oxygen atoms in total. The van der Waals surface area contributed by atoms with Crippen LogP contribution in [0.4, 0.5) is 22.4 Å². The van der Waals surface area contributed by atoms with Gasteiger partial charge in [-0.1, -0.05) is 44.2 Å². The minimum Gasteiger partial charge on any atom is -0.477 e. The van der Waals surface area contributed by atoms with Gasteiger partial charge in [0.2, 0.25) is 33.6 Å². The van der Waals surface area contributed by atoms with Crippen LogP contribution >= 0.6 is 0 Å². The molecule has 0 radical (unpaired) electrons. The Morgan fingerprint density at radius 3 is 2.48 bits per heavy atom. The summed E-state index contributed by atoms with van der Waals surface area (Å²) in [6, 6.07) is 3.83. The maximum absolute atomic E-state index is 15.1. The fraction of sp³-hybridized carbons (Fsp3) is 0.634. The number of fused-ring (bicyclic) bond motifs is 5. The lowest BCUT2D eigenvalue weighted by atomic mass is 9.85. The molecule has 4 amide bonds. The molecule has 2 aromatic rings. The van der Waals surface area contributed by atoms with Gasteiger partial charge < -0.3 is 24.8 Å². The SMILES string of the molecule is C[C@@H]1CC/C=C\[C@@H]2C[C@@]2(C(=O)NS(=O)(=O)C2(CF)CC2)NC(=O)[C@@H]2C[C@@H](Oc3nc4c(c5ccccc35)CCCO4)CN2C(=O)[C@@H](N(C(=O)O)C(C)(C)C(F)(F)F)[C@H](C)C1. The summed E-state index contributed by atoms with van der Waals surface area (Å²) < 4.78 is 97.1. The molecule has 3 N–H and O–H groups in total. The first-order valence-corrected chi connectivity index (χ1v) is 21.9. The standard InChI is InChI=1S/C41H51F4N5O9S/c1-23-10-5-6-11-25-20-40(25,36(53)48-60(56,57)39(22-42)15-16-39)47-32(51)30-19-26(59-34-29-13-8-7-12-27(29)28-14-9-17-58-33(28)46-34)21-49(30)35(52)31(24(2)18-23)50(37(54)55)38(3,4)41(43,44)45/h6-8,11-13,23-26,30-31H,5,9-10,14-22H2,1-4H3,(H,47,51)(H,48,53)(H,54,55)/b11-6-/t23-,24-,25-,26-,30+,31+,40-/m1/s1. The molecule has 1 saturated heterocycles. The molecule has 2 aliphatic carbocycles. The fourth-order valence-corrected chi connectivity index (χ4v) is 10.5. The number of amides is 4. The lowest BCUT2D eigenvalue weighted by molar-refractivity contribution is -0.222. The highest BCUT2D eigenvalue weighted by molar-refractivity contribution is 7.91. The van der Waals surface area contributed by atoms with Crippen molar-refractivity contribution in [3.63, 3.8) is 0 Å². The van der Waals surface area contributed by atoms with Gasteiger partial charge in [0.15, 0.2) is 0 Å². The quantitative estimate of drug-likeness (QED) is 0.228. The predicted molar refractivity (Wildman–Crippen MR) is 209 cm³/mol. The van der Waals surface area contributed by atoms with Crippen LogP contribution in [0.25, 0.3) is 10.8 Å². The van der Waals surface area contributed by atoms with Crippen molar-refractivity contribution in [1.82, 2.24) is 24.8 Å². The van der Waals surface area contributed by atoms with E-state index in [1.807, 2.05) is 23.8 Å². The van der Waals surface area contributed by atoms with Crippen LogP contribution in [0.5, 0.6) is 11.8 Å². The number of allylic oxidation sites excluding steroid dienone is 1. The molecule has 0 spiro atoms. The average molecular weight is 866 g/mol. The number of carbonyl (C=O) groups is 4. The number of hydrogen-bond acceptors (Lipinski definition) is 9. The summed E-state index contributed by atoms with van der Waals surface area (Å²) in [6.45, 7) is 3.51. The van der Waals surface area contributed by atoms with E-state index >= 15 is 4.79 Å². The van der Waals surface area contributed by atoms with Gasteiger partial charge in [-0.2, -0.15) is 18.2 Å². The largest absolute Gasteiger partial charge is 0.477 e. The summed E-state index contributed by atoms with van der Waals surface area (Å²) in [5.41, 5.74) is -4.02. The van der Waals surface area contributed by atoms with Crippen molar-refractivity contribution >= 4 is 44.6 Å². The monoisotopic (exact) mass is 865 g/mol. The van der Waals surface area contributed by atoms with E-state index < -0.39 is 92.5 Å². The van der Waals surface area contributed by atoms with E-state index in [9.17, 15) is 45.5 Å². The minimum absolute atomic E-state index is 0.00606. The highest BCUT2D eigenvalue weighted by Crippen LogP contribution is 2.48. The Labute approximate surface area is 345 Å². The molecular weight excluding hydrogens is 815 g/mol. The van der Waals surface area contributed by atoms with Crippen molar-refractivity contribution in [3.8, 4) is 11.8 Å². The summed E-state index contributed by atoms with van der Waals surface area (Å²) >= 11 is 0. The van der Waals surface area contributed by atoms with Crippen molar-refractivity contribution in [1.29, 1.82) is 0 Å². The Balaban J connectivity index is 1.30. The molecule has 1 aromatic heterocycles. The molecule has 19 heteroatoms. The lowest BCUT2D eigenvalue weighted by Crippen LogP contribution is -2.66. The van der Waals surface area contributed by atoms with Crippen molar-refractivity contribution in [2.24, 2.45) is 17.8 Å². The summed E-state index contributed by atoms with van der Waals surface area (Å²) in [4.78, 5) is 62.4. The number of halogens is 4. The second-order valence-electron chi connectivity index (χ2n) is 17.7. The van der Waals surface area contributed by atoms with Crippen molar-refractivity contribution in [3.05, 3.63) is 42.0 Å². The van der Waals surface area contributed by atoms with Crippen molar-refractivity contribution < 1.29 is 59.7 Å². The number of hydrogen-bond donors (Lipinski definition) is 3. The van der Waals surface area contributed by atoms with E-state index in [1.54, 1.807) is 24.3 Å². The van der Waals surface area contributed by atoms with Gasteiger partial charge in [0.05, 0.1) is 13.2 Å². The van der Waals surface area contributed by atoms with Gasteiger partial charge in [-0.3, -0.25) is 24.0 Å². The molecule has 4 heterocycles. The molecular formula is C41H51F4N5O9S. The number of ether oxygens (including phenoxy) is 2. The summed E-state index contributed by atoms with van der Waals surface area (Å²) in [6.07, 6.45) is -2.48. The molecule has 0 unspecified atom stereocenters. The molecule has 7 atom stereocenters. The Morgan fingerprint density at radius 2 is 1.83 bits per heavy atom. The molecule has 3 aliphatic heterocycles. The van der Waals surface area contributed by atoms with E-state index in [2.05, 4.69) is 10.3 Å². The van der Waals surface area contributed by atoms with Crippen LogP contribution in [-0.2, 0) is 30.8 Å². The molecule has 1 aromatic carbocycles. The molecule has 7 rings (SSSR count). The third kappa shape index (κ3) is 7.74. The smallest absolute Gasteiger partial charge is 0.411 e. The van der Waals surface area contributed by atoms with Crippen LogP contribution < -0.4 is 19.5 Å². The Kier molecular flexibility index (Phi) is 11.3. The first-order valence-electron chi connectivity index (χ1n) is 20.4. The number of aromatic nitrogens is 1. The molecule has 60 heavy (non-hydrogen) atoms. The number of nitrogens with zero attached hydrogens (tertiary/aromatic N) is 3. The summed E-state index contributed by atoms with van der Waals surface area (Å²) in [5, 5.41) is 14.6. The van der Waals surface area contributed by atoms with Crippen LogP contribution in [-0.4, -0.2) is 112 Å². The van der Waals surface area contributed by atoms with Crippen LogP contribution in [0.1, 0.15) is 84.6 Å². The zero-order valence-electron chi connectivity index (χ0n) is 33.9. The van der Waals surface area contributed by atoms with Gasteiger partial charge in [-0.05, 0) is 88.5 Å². The third-order valence-electron chi connectivity index (χ3n) is 13.0. The maximum Gasteiger partial charge on any atom is 0.411 e. The molecule has 5 aliphatic rings. The first-order chi connectivity index (χ1) is 28.2. The summed E-state index contributed by atoms with van der Waals surface area (Å²) in [7, 11) is -4.51. The summed E-state index contributed by atoms with van der Waals surface area (Å²) in [5.74, 6) is -4.54. The molecule has 328 valence electrons. The van der Waals surface area contributed by atoms with Gasteiger partial charge >= 0.3 is 12.3 Å². The topological polar surface area (TPSA) is 185 Å². The zero-order valence-corrected chi connectivity index (χ0v) is 34.7. The van der Waals surface area contributed by atoms with Gasteiger partial charge in [0, 0.05) is 23.3 Å². The van der Waals surface area contributed by atoms with Crippen LogP contribution in [0.3, 0.4) is 0 Å². The number of sulfonamides is 1. The molecule has 0 bridgehead atoms. The molecule has 3 fully saturated rings. The Hall–Kier alpha value is -4.68. The number of rotatable bonds is 8. The van der Waals surface area contributed by atoms with Crippen LogP contribution in [0.15, 0.2) is 36.4 Å². The zero-order chi connectivity index (χ0) is 43.6. The van der Waals surface area contributed by atoms with Crippen LogP contribution in [0.2, 0.25) is 0 Å². The number of aryl methyl sites for hydroxylation is 1. The van der Waals surface area contributed by atoms with Crippen molar-refractivity contribution in [2.75, 3.05) is 19.8 Å². The molecule has 2 saturated carbocycles. The van der Waals surface area contributed by atoms with Gasteiger partial charge in [0.1, 0.15) is 40.7 Å².